The van der Waals surface area contributed by atoms with Crippen molar-refractivity contribution < 1.29 is 24.0 Å². The molecule has 0 atom stereocenters. The molecule has 0 bridgehead atoms. The molecule has 1 aromatic carbocycles. The third-order valence-electron chi connectivity index (χ3n) is 3.59. The molecular formula is C16H22N2O6. The number of nitrogens with zero attached hydrogens (tertiary/aromatic N) is 1. The van der Waals surface area contributed by atoms with Gasteiger partial charge in [0.05, 0.1) is 22.4 Å². The van der Waals surface area contributed by atoms with E-state index in [9.17, 15) is 19.7 Å². The molecule has 0 fully saturated rings. The number of nitro benzene ring substituents is 1. The summed E-state index contributed by atoms with van der Waals surface area (Å²) in [6.07, 6.45) is -0.0871. The quantitative estimate of drug-likeness (QED) is 0.338. The van der Waals surface area contributed by atoms with E-state index in [1.54, 1.807) is 19.9 Å². The fourth-order valence-corrected chi connectivity index (χ4v) is 1.64. The summed E-state index contributed by atoms with van der Waals surface area (Å²) in [6.45, 7) is 5.36. The number of carbonyl (C=O) groups excluding carboxylic acids is 2. The van der Waals surface area contributed by atoms with E-state index >= 15 is 0 Å². The van der Waals surface area contributed by atoms with Crippen molar-refractivity contribution in [2.45, 2.75) is 33.8 Å². The van der Waals surface area contributed by atoms with E-state index in [0.717, 1.165) is 0 Å². The Balaban J connectivity index is 2.33. The Morgan fingerprint density at radius 1 is 1.25 bits per heavy atom. The summed E-state index contributed by atoms with van der Waals surface area (Å²) in [5.74, 6) is -0.333. The molecule has 0 aromatic heterocycles. The molecule has 0 unspecified atom stereocenters. The minimum Gasteiger partial charge on any atom is -0.463 e. The number of hydrogen-bond acceptors (Lipinski definition) is 6. The number of esters is 1. The largest absolute Gasteiger partial charge is 0.463 e. The summed E-state index contributed by atoms with van der Waals surface area (Å²) in [5, 5.41) is 13.3. The first-order valence-corrected chi connectivity index (χ1v) is 7.58. The average Bonchev–Trinajstić information content (AvgIpc) is 2.56. The molecule has 0 saturated carbocycles. The Morgan fingerprint density at radius 2 is 1.92 bits per heavy atom. The molecule has 132 valence electrons. The van der Waals surface area contributed by atoms with Gasteiger partial charge in [-0.3, -0.25) is 14.9 Å². The number of benzene rings is 1. The molecule has 8 heteroatoms. The summed E-state index contributed by atoms with van der Waals surface area (Å²) in [7, 11) is 0. The highest BCUT2D eigenvalue weighted by Crippen LogP contribution is 2.21. The maximum atomic E-state index is 11.7. The van der Waals surface area contributed by atoms with Crippen LogP contribution < -0.4 is 5.32 Å². The molecule has 1 amide bonds. The van der Waals surface area contributed by atoms with Crippen LogP contribution in [0, 0.1) is 15.5 Å². The number of para-hydroxylation sites is 1. The van der Waals surface area contributed by atoms with Crippen molar-refractivity contribution in [3.05, 3.63) is 39.9 Å². The summed E-state index contributed by atoms with van der Waals surface area (Å²) >= 11 is 0. The van der Waals surface area contributed by atoms with Gasteiger partial charge in [0.2, 0.25) is 0 Å². The van der Waals surface area contributed by atoms with Crippen LogP contribution in [-0.4, -0.2) is 30.1 Å². The summed E-state index contributed by atoms with van der Waals surface area (Å²) < 4.78 is 9.98. The second-order valence-corrected chi connectivity index (χ2v) is 5.76. The molecule has 0 spiro atoms. The van der Waals surface area contributed by atoms with Gasteiger partial charge in [-0.05, 0) is 26.3 Å². The Kier molecular flexibility index (Phi) is 7.16. The van der Waals surface area contributed by atoms with Gasteiger partial charge in [0.15, 0.2) is 0 Å². The first kappa shape index (κ1) is 19.4. The van der Waals surface area contributed by atoms with Gasteiger partial charge in [-0.2, -0.15) is 0 Å². The number of hydrogen-bond donors (Lipinski definition) is 1. The van der Waals surface area contributed by atoms with Crippen molar-refractivity contribution in [1.29, 1.82) is 0 Å². The monoisotopic (exact) mass is 338 g/mol. The Hall–Kier alpha value is -2.64. The molecular weight excluding hydrogens is 316 g/mol. The first-order valence-electron chi connectivity index (χ1n) is 7.58. The smallest absolute Gasteiger partial charge is 0.407 e. The Morgan fingerprint density at radius 3 is 2.54 bits per heavy atom. The number of rotatable bonds is 8. The van der Waals surface area contributed by atoms with Crippen LogP contribution in [0.25, 0.3) is 0 Å². The van der Waals surface area contributed by atoms with E-state index < -0.39 is 16.4 Å². The van der Waals surface area contributed by atoms with Crippen LogP contribution >= 0.6 is 0 Å². The molecule has 0 heterocycles. The van der Waals surface area contributed by atoms with Gasteiger partial charge in [-0.15, -0.1) is 0 Å². The Labute approximate surface area is 140 Å². The number of alkyl carbamates (subject to hydrolysis) is 1. The molecule has 0 aliphatic heterocycles. The highest BCUT2D eigenvalue weighted by atomic mass is 16.6. The van der Waals surface area contributed by atoms with Crippen LogP contribution in [0.15, 0.2) is 24.3 Å². The third-order valence-corrected chi connectivity index (χ3v) is 3.59. The highest BCUT2D eigenvalue weighted by Gasteiger charge is 2.26. The molecule has 8 nitrogen and oxygen atoms in total. The maximum Gasteiger partial charge on any atom is 0.407 e. The minimum atomic E-state index is -0.737. The highest BCUT2D eigenvalue weighted by molar-refractivity contribution is 5.75. The lowest BCUT2D eigenvalue weighted by molar-refractivity contribution is -0.385. The van der Waals surface area contributed by atoms with E-state index in [-0.39, 0.29) is 31.4 Å². The molecule has 0 aliphatic rings. The number of nitrogens with one attached hydrogen (secondary N) is 1. The van der Waals surface area contributed by atoms with Crippen molar-refractivity contribution in [2.24, 2.45) is 5.41 Å². The number of amides is 1. The van der Waals surface area contributed by atoms with Gasteiger partial charge in [0.1, 0.15) is 13.2 Å². The number of carbonyl (C=O) groups is 2. The van der Waals surface area contributed by atoms with Crippen LogP contribution in [0.1, 0.15) is 32.8 Å². The average molecular weight is 338 g/mol. The second kappa shape index (κ2) is 8.85. The SMILES string of the molecule is CCC(C)(C)C(=O)OCCNC(=O)OCc1ccccc1[N+](=O)[O-]. The predicted molar refractivity (Wildman–Crippen MR) is 86.3 cm³/mol. The van der Waals surface area contributed by atoms with Gasteiger partial charge in [0.25, 0.3) is 5.69 Å². The van der Waals surface area contributed by atoms with E-state index in [1.165, 1.54) is 18.2 Å². The van der Waals surface area contributed by atoms with E-state index in [2.05, 4.69) is 5.32 Å². The van der Waals surface area contributed by atoms with Gasteiger partial charge in [-0.25, -0.2) is 4.79 Å². The second-order valence-electron chi connectivity index (χ2n) is 5.76. The van der Waals surface area contributed by atoms with Crippen LogP contribution in [0.4, 0.5) is 10.5 Å². The lowest BCUT2D eigenvalue weighted by Crippen LogP contribution is -2.31. The standard InChI is InChI=1S/C16H22N2O6/c1-4-16(2,3)14(19)23-10-9-17-15(20)24-11-12-7-5-6-8-13(12)18(21)22/h5-8H,4,9-11H2,1-3H3,(H,17,20). The molecule has 1 aromatic rings. The predicted octanol–water partition coefficient (Wildman–Crippen LogP) is 2.80. The van der Waals surface area contributed by atoms with Crippen molar-refractivity contribution in [2.75, 3.05) is 13.2 Å². The molecule has 0 saturated heterocycles. The zero-order valence-corrected chi connectivity index (χ0v) is 14.0. The Bertz CT molecular complexity index is 600. The summed E-state index contributed by atoms with van der Waals surface area (Å²) in [6, 6.07) is 6.01. The first-order chi connectivity index (χ1) is 11.3. The molecule has 1 rings (SSSR count). The van der Waals surface area contributed by atoms with Crippen molar-refractivity contribution >= 4 is 17.7 Å². The van der Waals surface area contributed by atoms with E-state index in [4.69, 9.17) is 9.47 Å². The lowest BCUT2D eigenvalue weighted by atomic mass is 9.91. The zero-order valence-electron chi connectivity index (χ0n) is 14.0. The lowest BCUT2D eigenvalue weighted by Gasteiger charge is -2.20. The maximum absolute atomic E-state index is 11.7. The summed E-state index contributed by atoms with van der Waals surface area (Å²) in [4.78, 5) is 33.6. The van der Waals surface area contributed by atoms with Crippen LogP contribution in [0.2, 0.25) is 0 Å². The molecule has 0 aliphatic carbocycles. The van der Waals surface area contributed by atoms with Crippen LogP contribution in [0.3, 0.4) is 0 Å². The molecule has 0 radical (unpaired) electrons. The van der Waals surface area contributed by atoms with Gasteiger partial charge in [0, 0.05) is 6.07 Å². The van der Waals surface area contributed by atoms with E-state index in [0.29, 0.717) is 12.0 Å². The normalized spacial score (nSPS) is 10.8. The van der Waals surface area contributed by atoms with Gasteiger partial charge >= 0.3 is 12.1 Å². The minimum absolute atomic E-state index is 0.0306. The topological polar surface area (TPSA) is 108 Å². The fourth-order valence-electron chi connectivity index (χ4n) is 1.64. The number of ether oxygens (including phenoxy) is 2. The van der Waals surface area contributed by atoms with Gasteiger partial charge in [-0.1, -0.05) is 19.1 Å². The fraction of sp³-hybridized carbons (Fsp3) is 0.500. The molecule has 1 N–H and O–H groups in total. The molecule has 24 heavy (non-hydrogen) atoms. The number of nitro groups is 1. The van der Waals surface area contributed by atoms with E-state index in [1.807, 2.05) is 6.92 Å². The van der Waals surface area contributed by atoms with Gasteiger partial charge < -0.3 is 14.8 Å². The zero-order chi connectivity index (χ0) is 18.2. The van der Waals surface area contributed by atoms with Crippen molar-refractivity contribution in [1.82, 2.24) is 5.32 Å². The third kappa shape index (κ3) is 5.86. The van der Waals surface area contributed by atoms with Crippen LogP contribution in [0.5, 0.6) is 0 Å². The van der Waals surface area contributed by atoms with Crippen LogP contribution in [-0.2, 0) is 20.9 Å². The van der Waals surface area contributed by atoms with Crippen molar-refractivity contribution in [3.8, 4) is 0 Å². The summed E-state index contributed by atoms with van der Waals surface area (Å²) in [5.41, 5.74) is -0.373. The van der Waals surface area contributed by atoms with Crippen molar-refractivity contribution in [3.63, 3.8) is 0 Å².